The molecule has 0 aliphatic carbocycles. The van der Waals surface area contributed by atoms with Crippen LogP contribution in [0.1, 0.15) is 18.1 Å². The molecule has 222 valence electrons. The molecule has 0 bridgehead atoms. The molecule has 3 aromatic carbocycles. The maximum Gasteiger partial charge on any atom is 0.323 e. The van der Waals surface area contributed by atoms with Gasteiger partial charge in [0.15, 0.2) is 0 Å². The van der Waals surface area contributed by atoms with Crippen LogP contribution in [-0.2, 0) is 41.6 Å². The van der Waals surface area contributed by atoms with E-state index in [2.05, 4.69) is 10.6 Å². The van der Waals surface area contributed by atoms with Crippen molar-refractivity contribution in [1.82, 2.24) is 10.6 Å². The SMILES string of the molecule is CC(=O)N(CC(=O)O)c1ccccc1.O=C(O)CNC(=O)Cc1ccccc1.O=C(O)CNC(=O)Cc1ccccc1. The molecule has 3 aromatic rings. The predicted molar refractivity (Wildman–Crippen MR) is 154 cm³/mol. The zero-order chi connectivity index (χ0) is 31.3. The lowest BCUT2D eigenvalue weighted by atomic mass is 10.1. The third-order valence-corrected chi connectivity index (χ3v) is 5.03. The number of carboxylic acids is 3. The summed E-state index contributed by atoms with van der Waals surface area (Å²) in [5.41, 5.74) is 2.34. The van der Waals surface area contributed by atoms with Gasteiger partial charge in [-0.05, 0) is 23.3 Å². The molecule has 0 atom stereocenters. The summed E-state index contributed by atoms with van der Waals surface area (Å²) in [5.74, 6) is -3.93. The molecule has 3 rings (SSSR count). The third-order valence-electron chi connectivity index (χ3n) is 5.03. The van der Waals surface area contributed by atoms with E-state index in [4.69, 9.17) is 15.3 Å². The molecule has 0 aliphatic rings. The first kappa shape index (κ1) is 34.5. The molecular weight excluding hydrogens is 546 g/mol. The molecule has 0 unspecified atom stereocenters. The average molecular weight is 580 g/mol. The van der Waals surface area contributed by atoms with E-state index in [0.29, 0.717) is 5.69 Å². The van der Waals surface area contributed by atoms with Gasteiger partial charge in [-0.3, -0.25) is 28.8 Å². The monoisotopic (exact) mass is 579 g/mol. The fraction of sp³-hybridized carbons (Fsp3) is 0.200. The lowest BCUT2D eigenvalue weighted by Gasteiger charge is -2.18. The van der Waals surface area contributed by atoms with E-state index in [-0.39, 0.29) is 50.2 Å². The maximum absolute atomic E-state index is 11.1. The first-order valence-corrected chi connectivity index (χ1v) is 12.6. The predicted octanol–water partition coefficient (Wildman–Crippen LogP) is 1.98. The molecule has 0 saturated heterocycles. The maximum atomic E-state index is 11.1. The third kappa shape index (κ3) is 16.4. The highest BCUT2D eigenvalue weighted by Crippen LogP contribution is 2.12. The van der Waals surface area contributed by atoms with Crippen molar-refractivity contribution >= 4 is 41.3 Å². The van der Waals surface area contributed by atoms with Gasteiger partial charge in [0.2, 0.25) is 17.7 Å². The number of nitrogens with one attached hydrogen (secondary N) is 2. The van der Waals surface area contributed by atoms with Crippen LogP contribution in [0.5, 0.6) is 0 Å². The molecule has 12 nitrogen and oxygen atoms in total. The van der Waals surface area contributed by atoms with E-state index < -0.39 is 17.9 Å². The highest BCUT2D eigenvalue weighted by Gasteiger charge is 2.14. The van der Waals surface area contributed by atoms with Gasteiger partial charge in [0.05, 0.1) is 12.8 Å². The summed E-state index contributed by atoms with van der Waals surface area (Å²) in [6.07, 6.45) is 0.433. The Balaban J connectivity index is 0.000000315. The van der Waals surface area contributed by atoms with E-state index in [1.807, 2.05) is 66.7 Å². The summed E-state index contributed by atoms with van der Waals surface area (Å²) in [6.45, 7) is 0.382. The number of amides is 3. The van der Waals surface area contributed by atoms with Crippen molar-refractivity contribution in [2.75, 3.05) is 24.5 Å². The number of carbonyl (C=O) groups is 6. The van der Waals surface area contributed by atoms with Gasteiger partial charge in [-0.15, -0.1) is 0 Å². The Kier molecular flexibility index (Phi) is 16.0. The standard InChI is InChI=1S/3C10H11NO3/c1-8(12)11(7-10(13)14)9-5-3-2-4-6-9;2*12-9(11-7-10(13)14)6-8-4-2-1-3-5-8/h2-6H,7H2,1H3,(H,13,14);2*1-5H,6-7H2,(H,11,12)(H,13,14). The number of aliphatic carboxylic acids is 3. The van der Waals surface area contributed by atoms with Gasteiger partial charge < -0.3 is 30.9 Å². The Labute approximate surface area is 242 Å². The largest absolute Gasteiger partial charge is 0.480 e. The summed E-state index contributed by atoms with van der Waals surface area (Å²) >= 11 is 0. The van der Waals surface area contributed by atoms with Crippen molar-refractivity contribution in [1.29, 1.82) is 0 Å². The van der Waals surface area contributed by atoms with Gasteiger partial charge in [-0.25, -0.2) is 0 Å². The number of rotatable bonds is 11. The lowest BCUT2D eigenvalue weighted by molar-refractivity contribution is -0.138. The highest BCUT2D eigenvalue weighted by atomic mass is 16.4. The fourth-order valence-electron chi connectivity index (χ4n) is 3.16. The van der Waals surface area contributed by atoms with Crippen LogP contribution in [0.4, 0.5) is 5.69 Å². The second-order valence-corrected chi connectivity index (χ2v) is 8.50. The minimum absolute atomic E-state index is 0.216. The summed E-state index contributed by atoms with van der Waals surface area (Å²) in [6, 6.07) is 27.1. The molecule has 12 heteroatoms. The summed E-state index contributed by atoms with van der Waals surface area (Å²) < 4.78 is 0. The number of hydrogen-bond acceptors (Lipinski definition) is 6. The first-order chi connectivity index (χ1) is 20.0. The van der Waals surface area contributed by atoms with Crippen LogP contribution in [-0.4, -0.2) is 70.6 Å². The van der Waals surface area contributed by atoms with Crippen LogP contribution in [0.3, 0.4) is 0 Å². The quantitative estimate of drug-likeness (QED) is 0.226. The lowest BCUT2D eigenvalue weighted by Crippen LogP contribution is -2.33. The summed E-state index contributed by atoms with van der Waals surface area (Å²) in [7, 11) is 0. The normalized spacial score (nSPS) is 9.45. The minimum atomic E-state index is -1.04. The van der Waals surface area contributed by atoms with Gasteiger partial charge in [0, 0.05) is 12.6 Å². The van der Waals surface area contributed by atoms with Gasteiger partial charge >= 0.3 is 17.9 Å². The molecule has 0 aromatic heterocycles. The number of hydrogen-bond donors (Lipinski definition) is 5. The van der Waals surface area contributed by atoms with Crippen LogP contribution in [0.15, 0.2) is 91.0 Å². The van der Waals surface area contributed by atoms with Crippen molar-refractivity contribution in [3.8, 4) is 0 Å². The molecule has 0 fully saturated rings. The molecule has 0 aliphatic heterocycles. The van der Waals surface area contributed by atoms with E-state index in [9.17, 15) is 28.8 Å². The van der Waals surface area contributed by atoms with Crippen LogP contribution in [0.25, 0.3) is 0 Å². The van der Waals surface area contributed by atoms with Gasteiger partial charge in [0.25, 0.3) is 0 Å². The zero-order valence-electron chi connectivity index (χ0n) is 22.9. The number of carbonyl (C=O) groups excluding carboxylic acids is 3. The Hall–Kier alpha value is -5.52. The molecule has 0 saturated carbocycles. The summed E-state index contributed by atoms with van der Waals surface area (Å²) in [4.78, 5) is 65.4. The molecule has 3 amide bonds. The number of carboxylic acid groups (broad SMARTS) is 3. The smallest absolute Gasteiger partial charge is 0.323 e. The van der Waals surface area contributed by atoms with Crippen molar-refractivity contribution in [3.63, 3.8) is 0 Å². The van der Waals surface area contributed by atoms with Crippen LogP contribution < -0.4 is 15.5 Å². The number of para-hydroxylation sites is 1. The number of nitrogens with zero attached hydrogens (tertiary/aromatic N) is 1. The summed E-state index contributed by atoms with van der Waals surface area (Å²) in [5, 5.41) is 29.8. The van der Waals surface area contributed by atoms with Crippen molar-refractivity contribution in [2.45, 2.75) is 19.8 Å². The van der Waals surface area contributed by atoms with Crippen molar-refractivity contribution in [3.05, 3.63) is 102 Å². The van der Waals surface area contributed by atoms with Crippen LogP contribution in [0, 0.1) is 0 Å². The Morgan fingerprint density at radius 3 is 1.24 bits per heavy atom. The zero-order valence-corrected chi connectivity index (χ0v) is 22.9. The molecule has 0 radical (unpaired) electrons. The van der Waals surface area contributed by atoms with Crippen molar-refractivity contribution < 1.29 is 44.1 Å². The Morgan fingerprint density at radius 2 is 0.929 bits per heavy atom. The van der Waals surface area contributed by atoms with Crippen LogP contribution >= 0.6 is 0 Å². The Bertz CT molecular complexity index is 1230. The molecule has 0 heterocycles. The highest BCUT2D eigenvalue weighted by molar-refractivity contribution is 5.95. The minimum Gasteiger partial charge on any atom is -0.480 e. The fourth-order valence-corrected chi connectivity index (χ4v) is 3.16. The van der Waals surface area contributed by atoms with E-state index in [1.54, 1.807) is 24.3 Å². The van der Waals surface area contributed by atoms with Crippen LogP contribution in [0.2, 0.25) is 0 Å². The van der Waals surface area contributed by atoms with Gasteiger partial charge in [-0.1, -0.05) is 78.9 Å². The second-order valence-electron chi connectivity index (χ2n) is 8.50. The van der Waals surface area contributed by atoms with E-state index in [1.165, 1.54) is 11.8 Å². The second kappa shape index (κ2) is 19.5. The Morgan fingerprint density at radius 1 is 0.571 bits per heavy atom. The molecule has 5 N–H and O–H groups in total. The van der Waals surface area contributed by atoms with Gasteiger partial charge in [0.1, 0.15) is 19.6 Å². The number of benzene rings is 3. The van der Waals surface area contributed by atoms with Gasteiger partial charge in [-0.2, -0.15) is 0 Å². The topological polar surface area (TPSA) is 190 Å². The van der Waals surface area contributed by atoms with E-state index in [0.717, 1.165) is 11.1 Å². The van der Waals surface area contributed by atoms with Crippen molar-refractivity contribution in [2.24, 2.45) is 0 Å². The molecule has 42 heavy (non-hydrogen) atoms. The first-order valence-electron chi connectivity index (χ1n) is 12.6. The average Bonchev–Trinajstić information content (AvgIpc) is 2.96. The van der Waals surface area contributed by atoms with E-state index >= 15 is 0 Å². The molecule has 0 spiro atoms. The number of anilines is 1. The molecular formula is C30H33N3O9.